The first-order chi connectivity index (χ1) is 8.54. The molecule has 2 aliphatic rings. The Bertz CT molecular complexity index is 250. The highest BCUT2D eigenvalue weighted by Crippen LogP contribution is 2.46. The first kappa shape index (κ1) is 14.4. The zero-order chi connectivity index (χ0) is 13.2. The van der Waals surface area contributed by atoms with Crippen molar-refractivity contribution in [3.8, 4) is 0 Å². The molecule has 0 aromatic rings. The molecule has 0 radical (unpaired) electrons. The highest BCUT2D eigenvalue weighted by molar-refractivity contribution is 4.91. The molecule has 2 saturated carbocycles. The molecule has 2 unspecified atom stereocenters. The molecule has 0 amide bonds. The Morgan fingerprint density at radius 2 is 1.72 bits per heavy atom. The van der Waals surface area contributed by atoms with Gasteiger partial charge in [-0.25, -0.2) is 0 Å². The van der Waals surface area contributed by atoms with E-state index in [4.69, 9.17) is 0 Å². The maximum absolute atomic E-state index is 10.8. The molecule has 0 saturated heterocycles. The SMILES string of the molecule is CCC1CCC(C(O)C2CCCCC2(C)C)CC1. The molecule has 1 heteroatoms. The van der Waals surface area contributed by atoms with Gasteiger partial charge in [-0.15, -0.1) is 0 Å². The van der Waals surface area contributed by atoms with Crippen molar-refractivity contribution in [3.63, 3.8) is 0 Å². The van der Waals surface area contributed by atoms with E-state index in [2.05, 4.69) is 20.8 Å². The summed E-state index contributed by atoms with van der Waals surface area (Å²) in [5.74, 6) is 2.08. The predicted octanol–water partition coefficient (Wildman–Crippen LogP) is 4.78. The molecule has 18 heavy (non-hydrogen) atoms. The van der Waals surface area contributed by atoms with Gasteiger partial charge in [0.2, 0.25) is 0 Å². The van der Waals surface area contributed by atoms with Gasteiger partial charge in [0.25, 0.3) is 0 Å². The summed E-state index contributed by atoms with van der Waals surface area (Å²) in [7, 11) is 0. The van der Waals surface area contributed by atoms with Gasteiger partial charge in [-0.3, -0.25) is 0 Å². The van der Waals surface area contributed by atoms with Crippen LogP contribution in [0.4, 0.5) is 0 Å². The molecule has 0 aliphatic heterocycles. The molecule has 0 bridgehead atoms. The van der Waals surface area contributed by atoms with E-state index in [-0.39, 0.29) is 6.10 Å². The summed E-state index contributed by atoms with van der Waals surface area (Å²) in [5, 5.41) is 10.8. The van der Waals surface area contributed by atoms with Crippen LogP contribution in [0, 0.1) is 23.2 Å². The lowest BCUT2D eigenvalue weighted by Crippen LogP contribution is -2.41. The summed E-state index contributed by atoms with van der Waals surface area (Å²) >= 11 is 0. The van der Waals surface area contributed by atoms with Crippen molar-refractivity contribution in [2.75, 3.05) is 0 Å². The average molecular weight is 252 g/mol. The normalized spacial score (nSPS) is 38.3. The van der Waals surface area contributed by atoms with E-state index in [0.717, 1.165) is 5.92 Å². The Labute approximate surface area is 113 Å². The fourth-order valence-corrected chi connectivity index (χ4v) is 4.42. The van der Waals surface area contributed by atoms with Crippen LogP contribution in [0.25, 0.3) is 0 Å². The Balaban J connectivity index is 1.92. The second-order valence-electron chi connectivity index (χ2n) is 7.52. The molecule has 2 fully saturated rings. The van der Waals surface area contributed by atoms with Crippen LogP contribution in [0.5, 0.6) is 0 Å². The van der Waals surface area contributed by atoms with Gasteiger partial charge in [0.05, 0.1) is 6.10 Å². The lowest BCUT2D eigenvalue weighted by molar-refractivity contribution is -0.0413. The van der Waals surface area contributed by atoms with Crippen LogP contribution in [0.1, 0.15) is 78.6 Å². The second-order valence-corrected chi connectivity index (χ2v) is 7.52. The van der Waals surface area contributed by atoms with Gasteiger partial charge in [-0.05, 0) is 48.9 Å². The molecule has 1 nitrogen and oxygen atoms in total. The van der Waals surface area contributed by atoms with E-state index in [1.807, 2.05) is 0 Å². The third-order valence-corrected chi connectivity index (χ3v) is 5.95. The molecule has 0 aromatic carbocycles. The van der Waals surface area contributed by atoms with Crippen molar-refractivity contribution < 1.29 is 5.11 Å². The van der Waals surface area contributed by atoms with Crippen molar-refractivity contribution in [1.82, 2.24) is 0 Å². The topological polar surface area (TPSA) is 20.2 Å². The number of rotatable bonds is 3. The number of hydrogen-bond acceptors (Lipinski definition) is 1. The molecular formula is C17H32O. The summed E-state index contributed by atoms with van der Waals surface area (Å²) in [5.41, 5.74) is 0.360. The highest BCUT2D eigenvalue weighted by Gasteiger charge is 2.40. The summed E-state index contributed by atoms with van der Waals surface area (Å²) in [6.07, 6.45) is 11.8. The molecule has 1 N–H and O–H groups in total. The van der Waals surface area contributed by atoms with Gasteiger partial charge in [0.15, 0.2) is 0 Å². The minimum atomic E-state index is -0.0295. The van der Waals surface area contributed by atoms with E-state index in [9.17, 15) is 5.11 Å². The van der Waals surface area contributed by atoms with Gasteiger partial charge < -0.3 is 5.11 Å². The second kappa shape index (κ2) is 5.94. The van der Waals surface area contributed by atoms with Crippen LogP contribution in [0.2, 0.25) is 0 Å². The van der Waals surface area contributed by atoms with Gasteiger partial charge in [-0.1, -0.05) is 52.9 Å². The zero-order valence-corrected chi connectivity index (χ0v) is 12.6. The van der Waals surface area contributed by atoms with Crippen LogP contribution in [-0.2, 0) is 0 Å². The van der Waals surface area contributed by atoms with Crippen LogP contribution in [-0.4, -0.2) is 11.2 Å². The quantitative estimate of drug-likeness (QED) is 0.766. The van der Waals surface area contributed by atoms with Crippen LogP contribution < -0.4 is 0 Å². The smallest absolute Gasteiger partial charge is 0.0601 e. The van der Waals surface area contributed by atoms with E-state index in [1.165, 1.54) is 57.8 Å². The zero-order valence-electron chi connectivity index (χ0n) is 12.6. The van der Waals surface area contributed by atoms with Gasteiger partial charge in [-0.2, -0.15) is 0 Å². The lowest BCUT2D eigenvalue weighted by atomic mass is 9.63. The Morgan fingerprint density at radius 1 is 1.06 bits per heavy atom. The first-order valence-corrected chi connectivity index (χ1v) is 8.22. The number of aliphatic hydroxyl groups excluding tert-OH is 1. The van der Waals surface area contributed by atoms with Crippen LogP contribution in [0.15, 0.2) is 0 Å². The molecule has 0 spiro atoms. The number of aliphatic hydroxyl groups is 1. The first-order valence-electron chi connectivity index (χ1n) is 8.22. The highest BCUT2D eigenvalue weighted by atomic mass is 16.3. The van der Waals surface area contributed by atoms with Crippen LogP contribution >= 0.6 is 0 Å². The molecule has 106 valence electrons. The van der Waals surface area contributed by atoms with Crippen molar-refractivity contribution in [3.05, 3.63) is 0 Å². The largest absolute Gasteiger partial charge is 0.393 e. The van der Waals surface area contributed by atoms with Crippen molar-refractivity contribution >= 4 is 0 Å². The van der Waals surface area contributed by atoms with E-state index < -0.39 is 0 Å². The summed E-state index contributed by atoms with van der Waals surface area (Å²) in [4.78, 5) is 0. The summed E-state index contributed by atoms with van der Waals surface area (Å²) in [6.45, 7) is 7.06. The minimum Gasteiger partial charge on any atom is -0.393 e. The average Bonchev–Trinajstić information content (AvgIpc) is 2.37. The lowest BCUT2D eigenvalue weighted by Gasteiger charge is -2.45. The van der Waals surface area contributed by atoms with E-state index in [1.54, 1.807) is 0 Å². The fraction of sp³-hybridized carbons (Fsp3) is 1.00. The van der Waals surface area contributed by atoms with Gasteiger partial charge in [0.1, 0.15) is 0 Å². The monoisotopic (exact) mass is 252 g/mol. The molecule has 2 rings (SSSR count). The van der Waals surface area contributed by atoms with Crippen molar-refractivity contribution in [1.29, 1.82) is 0 Å². The minimum absolute atomic E-state index is 0.0295. The maximum Gasteiger partial charge on any atom is 0.0601 e. The van der Waals surface area contributed by atoms with E-state index in [0.29, 0.717) is 17.3 Å². The van der Waals surface area contributed by atoms with Crippen molar-refractivity contribution in [2.24, 2.45) is 23.2 Å². The molecular weight excluding hydrogens is 220 g/mol. The molecule has 0 heterocycles. The molecule has 2 atom stereocenters. The number of hydrogen-bond donors (Lipinski definition) is 1. The summed E-state index contributed by atoms with van der Waals surface area (Å²) in [6, 6.07) is 0. The Kier molecular flexibility index (Phi) is 4.75. The Morgan fingerprint density at radius 3 is 2.28 bits per heavy atom. The predicted molar refractivity (Wildman–Crippen MR) is 77.5 cm³/mol. The standard InChI is InChI=1S/C17H32O/c1-4-13-8-10-14(11-9-13)16(18)15-7-5-6-12-17(15,2)3/h13-16,18H,4-12H2,1-3H3. The molecule has 2 aliphatic carbocycles. The Hall–Kier alpha value is -0.0400. The third-order valence-electron chi connectivity index (χ3n) is 5.95. The van der Waals surface area contributed by atoms with E-state index >= 15 is 0 Å². The summed E-state index contributed by atoms with van der Waals surface area (Å²) < 4.78 is 0. The molecule has 0 aromatic heterocycles. The fourth-order valence-electron chi connectivity index (χ4n) is 4.42. The van der Waals surface area contributed by atoms with Gasteiger partial charge in [0, 0.05) is 0 Å². The van der Waals surface area contributed by atoms with Gasteiger partial charge >= 0.3 is 0 Å². The van der Waals surface area contributed by atoms with Crippen molar-refractivity contribution in [2.45, 2.75) is 84.7 Å². The third kappa shape index (κ3) is 3.10. The van der Waals surface area contributed by atoms with Crippen LogP contribution in [0.3, 0.4) is 0 Å². The maximum atomic E-state index is 10.8.